The number of likely N-dealkylation sites (N-methyl/N-ethyl adjacent to an activating group) is 1. The Morgan fingerprint density at radius 1 is 1.17 bits per heavy atom. The van der Waals surface area contributed by atoms with Crippen molar-refractivity contribution in [1.82, 2.24) is 15.1 Å². The highest BCUT2D eigenvalue weighted by molar-refractivity contribution is 5.77. The van der Waals surface area contributed by atoms with E-state index in [2.05, 4.69) is 22.2 Å². The highest BCUT2D eigenvalue weighted by atomic mass is 16.4. The van der Waals surface area contributed by atoms with Crippen molar-refractivity contribution in [3.8, 4) is 0 Å². The molecule has 1 atom stereocenters. The van der Waals surface area contributed by atoms with Crippen LogP contribution in [0.4, 0.5) is 0 Å². The standard InChI is InChI=1S/C17H25N3O3/c1-19-9-11-20(12-10-19)8-7-16(21)18-15(13-17(22)23)14-5-3-2-4-6-14/h2-6,15H,7-13H2,1H3,(H,18,21)(H,22,23). The summed E-state index contributed by atoms with van der Waals surface area (Å²) in [5.74, 6) is -1.02. The second-order valence-electron chi connectivity index (χ2n) is 6.02. The van der Waals surface area contributed by atoms with Crippen LogP contribution in [0, 0.1) is 0 Å². The van der Waals surface area contributed by atoms with Crippen molar-refractivity contribution in [1.29, 1.82) is 0 Å². The van der Waals surface area contributed by atoms with Crippen LogP contribution in [0.1, 0.15) is 24.4 Å². The van der Waals surface area contributed by atoms with E-state index in [1.165, 1.54) is 0 Å². The smallest absolute Gasteiger partial charge is 0.305 e. The third-order valence-electron chi connectivity index (χ3n) is 4.17. The molecule has 6 heteroatoms. The molecule has 1 aromatic rings. The maximum absolute atomic E-state index is 12.2. The predicted octanol–water partition coefficient (Wildman–Crippen LogP) is 0.956. The van der Waals surface area contributed by atoms with Gasteiger partial charge in [-0.1, -0.05) is 30.3 Å². The van der Waals surface area contributed by atoms with Crippen LogP contribution in [-0.2, 0) is 9.59 Å². The van der Waals surface area contributed by atoms with E-state index in [0.717, 1.165) is 31.7 Å². The Hall–Kier alpha value is -1.92. The molecule has 1 amide bonds. The SMILES string of the molecule is CN1CCN(CCC(=O)NC(CC(=O)O)c2ccccc2)CC1. The molecule has 0 radical (unpaired) electrons. The monoisotopic (exact) mass is 319 g/mol. The number of nitrogens with zero attached hydrogens (tertiary/aromatic N) is 2. The number of rotatable bonds is 7. The normalized spacial score (nSPS) is 17.6. The number of aliphatic carboxylic acids is 1. The van der Waals surface area contributed by atoms with Crippen molar-refractivity contribution in [2.45, 2.75) is 18.9 Å². The summed E-state index contributed by atoms with van der Waals surface area (Å²) in [7, 11) is 2.10. The Morgan fingerprint density at radius 3 is 2.43 bits per heavy atom. The summed E-state index contributed by atoms with van der Waals surface area (Å²) < 4.78 is 0. The zero-order chi connectivity index (χ0) is 16.7. The van der Waals surface area contributed by atoms with Gasteiger partial charge in [-0.2, -0.15) is 0 Å². The van der Waals surface area contributed by atoms with E-state index in [4.69, 9.17) is 5.11 Å². The first-order valence-electron chi connectivity index (χ1n) is 8.01. The molecule has 0 bridgehead atoms. The molecule has 126 valence electrons. The molecular weight excluding hydrogens is 294 g/mol. The molecule has 23 heavy (non-hydrogen) atoms. The summed E-state index contributed by atoms with van der Waals surface area (Å²) in [5, 5.41) is 11.9. The first-order valence-corrected chi connectivity index (χ1v) is 8.01. The lowest BCUT2D eigenvalue weighted by atomic mass is 10.0. The lowest BCUT2D eigenvalue weighted by Crippen LogP contribution is -2.45. The second-order valence-corrected chi connectivity index (χ2v) is 6.02. The van der Waals surface area contributed by atoms with Gasteiger partial charge in [0.15, 0.2) is 0 Å². The number of benzene rings is 1. The summed E-state index contributed by atoms with van der Waals surface area (Å²) in [4.78, 5) is 27.8. The number of carboxylic acid groups (broad SMARTS) is 1. The fraction of sp³-hybridized carbons (Fsp3) is 0.529. The van der Waals surface area contributed by atoms with Gasteiger partial charge in [-0.3, -0.25) is 9.59 Å². The molecule has 1 heterocycles. The second kappa shape index (κ2) is 8.64. The minimum atomic E-state index is -0.918. The maximum Gasteiger partial charge on any atom is 0.305 e. The van der Waals surface area contributed by atoms with Crippen molar-refractivity contribution in [3.63, 3.8) is 0 Å². The topological polar surface area (TPSA) is 72.9 Å². The lowest BCUT2D eigenvalue weighted by molar-refractivity contribution is -0.137. The van der Waals surface area contributed by atoms with Crippen molar-refractivity contribution in [3.05, 3.63) is 35.9 Å². The van der Waals surface area contributed by atoms with Crippen molar-refractivity contribution in [2.75, 3.05) is 39.8 Å². The van der Waals surface area contributed by atoms with Crippen molar-refractivity contribution in [2.24, 2.45) is 0 Å². The van der Waals surface area contributed by atoms with Crippen LogP contribution in [-0.4, -0.2) is 66.6 Å². The Bertz CT molecular complexity index is 513. The lowest BCUT2D eigenvalue weighted by Gasteiger charge is -2.32. The average Bonchev–Trinajstić information content (AvgIpc) is 2.54. The van der Waals surface area contributed by atoms with Gasteiger partial charge in [-0.25, -0.2) is 0 Å². The average molecular weight is 319 g/mol. The first kappa shape index (κ1) is 17.4. The Labute approximate surface area is 137 Å². The number of hydrogen-bond acceptors (Lipinski definition) is 4. The van der Waals surface area contributed by atoms with Gasteiger partial charge in [0.05, 0.1) is 12.5 Å². The number of carboxylic acids is 1. The largest absolute Gasteiger partial charge is 0.481 e. The Morgan fingerprint density at radius 2 is 1.83 bits per heavy atom. The molecule has 1 saturated heterocycles. The van der Waals surface area contributed by atoms with Crippen LogP contribution in [0.15, 0.2) is 30.3 Å². The third kappa shape index (κ3) is 6.00. The minimum Gasteiger partial charge on any atom is -0.481 e. The summed E-state index contributed by atoms with van der Waals surface area (Å²) in [5.41, 5.74) is 0.822. The Balaban J connectivity index is 1.84. The first-order chi connectivity index (χ1) is 11.0. The van der Waals surface area contributed by atoms with Gasteiger partial charge in [0.2, 0.25) is 5.91 Å². The van der Waals surface area contributed by atoms with E-state index in [1.54, 1.807) is 0 Å². The van der Waals surface area contributed by atoms with Gasteiger partial charge in [-0.15, -0.1) is 0 Å². The highest BCUT2D eigenvalue weighted by Gasteiger charge is 2.19. The molecule has 2 N–H and O–H groups in total. The zero-order valence-corrected chi connectivity index (χ0v) is 13.6. The van der Waals surface area contributed by atoms with Crippen LogP contribution in [0.3, 0.4) is 0 Å². The summed E-state index contributed by atoms with van der Waals surface area (Å²) in [6.45, 7) is 4.71. The Kier molecular flexibility index (Phi) is 6.55. The molecule has 0 aromatic heterocycles. The van der Waals surface area contributed by atoms with Crippen LogP contribution < -0.4 is 5.32 Å². The van der Waals surface area contributed by atoms with E-state index < -0.39 is 12.0 Å². The fourth-order valence-corrected chi connectivity index (χ4v) is 2.71. The fourth-order valence-electron chi connectivity index (χ4n) is 2.71. The van der Waals surface area contributed by atoms with Crippen LogP contribution >= 0.6 is 0 Å². The van der Waals surface area contributed by atoms with Gasteiger partial charge in [0.1, 0.15) is 0 Å². The maximum atomic E-state index is 12.2. The van der Waals surface area contributed by atoms with E-state index in [1.807, 2.05) is 30.3 Å². The molecule has 1 unspecified atom stereocenters. The quantitative estimate of drug-likeness (QED) is 0.783. The molecule has 0 aliphatic carbocycles. The third-order valence-corrected chi connectivity index (χ3v) is 4.17. The number of nitrogens with one attached hydrogen (secondary N) is 1. The highest BCUT2D eigenvalue weighted by Crippen LogP contribution is 2.16. The number of carbonyl (C=O) groups excluding carboxylic acids is 1. The molecule has 0 spiro atoms. The van der Waals surface area contributed by atoms with Gasteiger partial charge >= 0.3 is 5.97 Å². The molecule has 0 saturated carbocycles. The number of carbonyl (C=O) groups is 2. The van der Waals surface area contributed by atoms with Gasteiger partial charge in [-0.05, 0) is 12.6 Å². The molecule has 1 aromatic carbocycles. The van der Waals surface area contributed by atoms with E-state index in [-0.39, 0.29) is 12.3 Å². The van der Waals surface area contributed by atoms with E-state index >= 15 is 0 Å². The molecule has 6 nitrogen and oxygen atoms in total. The summed E-state index contributed by atoms with van der Waals surface area (Å²) in [6, 6.07) is 8.77. The molecule has 1 aliphatic rings. The van der Waals surface area contributed by atoms with Gasteiger partial charge in [0, 0.05) is 39.1 Å². The summed E-state index contributed by atoms with van der Waals surface area (Å²) >= 11 is 0. The minimum absolute atomic E-state index is 0.0981. The number of piperazine rings is 1. The van der Waals surface area contributed by atoms with Crippen LogP contribution in [0.2, 0.25) is 0 Å². The van der Waals surface area contributed by atoms with Crippen molar-refractivity contribution >= 4 is 11.9 Å². The predicted molar refractivity (Wildman–Crippen MR) is 88.1 cm³/mol. The van der Waals surface area contributed by atoms with Gasteiger partial charge in [0.25, 0.3) is 0 Å². The molecule has 1 fully saturated rings. The van der Waals surface area contributed by atoms with Crippen molar-refractivity contribution < 1.29 is 14.7 Å². The van der Waals surface area contributed by atoms with Crippen LogP contribution in [0.5, 0.6) is 0 Å². The molecule has 1 aliphatic heterocycles. The number of hydrogen-bond donors (Lipinski definition) is 2. The molecular formula is C17H25N3O3. The van der Waals surface area contributed by atoms with E-state index in [0.29, 0.717) is 13.0 Å². The molecule has 2 rings (SSSR count). The zero-order valence-electron chi connectivity index (χ0n) is 13.6. The van der Waals surface area contributed by atoms with Crippen LogP contribution in [0.25, 0.3) is 0 Å². The summed E-state index contributed by atoms with van der Waals surface area (Å²) in [6.07, 6.45) is 0.289. The van der Waals surface area contributed by atoms with Gasteiger partial charge < -0.3 is 20.2 Å². The number of amides is 1. The van der Waals surface area contributed by atoms with E-state index in [9.17, 15) is 9.59 Å².